The van der Waals surface area contributed by atoms with Gasteiger partial charge in [0.25, 0.3) is 0 Å². The molecule has 0 radical (unpaired) electrons. The van der Waals surface area contributed by atoms with Crippen LogP contribution < -0.4 is 5.73 Å². The van der Waals surface area contributed by atoms with Crippen LogP contribution >= 0.6 is 0 Å². The Labute approximate surface area is 98.4 Å². The summed E-state index contributed by atoms with van der Waals surface area (Å²) in [4.78, 5) is 2.54. The van der Waals surface area contributed by atoms with E-state index in [0.29, 0.717) is 12.0 Å². The highest BCUT2D eigenvalue weighted by molar-refractivity contribution is 5.14. The molecule has 1 aliphatic heterocycles. The van der Waals surface area contributed by atoms with Gasteiger partial charge in [0.2, 0.25) is 0 Å². The maximum absolute atomic E-state index is 5.94. The monoisotopic (exact) mass is 218 g/mol. The minimum Gasteiger partial charge on any atom is -0.328 e. The lowest BCUT2D eigenvalue weighted by Crippen LogP contribution is -2.30. The van der Waals surface area contributed by atoms with Gasteiger partial charge in [-0.3, -0.25) is 0 Å². The van der Waals surface area contributed by atoms with Crippen LogP contribution in [0.1, 0.15) is 18.9 Å². The Kier molecular flexibility index (Phi) is 3.97. The Balaban J connectivity index is 1.76. The normalized spacial score (nSPS) is 23.5. The van der Waals surface area contributed by atoms with E-state index < -0.39 is 0 Å². The highest BCUT2D eigenvalue weighted by Crippen LogP contribution is 2.18. The van der Waals surface area contributed by atoms with Crippen LogP contribution in [-0.4, -0.2) is 30.6 Å². The van der Waals surface area contributed by atoms with Gasteiger partial charge in [0.1, 0.15) is 0 Å². The molecule has 1 heterocycles. The number of benzene rings is 1. The first-order chi connectivity index (χ1) is 7.75. The fourth-order valence-electron chi connectivity index (χ4n) is 2.43. The summed E-state index contributed by atoms with van der Waals surface area (Å²) in [5, 5.41) is 0. The summed E-state index contributed by atoms with van der Waals surface area (Å²) in [5.74, 6) is 0.704. The summed E-state index contributed by atoms with van der Waals surface area (Å²) in [7, 11) is 0. The van der Waals surface area contributed by atoms with E-state index in [1.54, 1.807) is 0 Å². The molecule has 2 nitrogen and oxygen atoms in total. The number of nitrogens with zero attached hydrogens (tertiary/aromatic N) is 1. The quantitative estimate of drug-likeness (QED) is 0.836. The molecule has 2 rings (SSSR count). The molecule has 1 fully saturated rings. The number of hydrogen-bond acceptors (Lipinski definition) is 2. The van der Waals surface area contributed by atoms with Crippen LogP contribution in [0, 0.1) is 5.92 Å². The van der Waals surface area contributed by atoms with Gasteiger partial charge in [-0.15, -0.1) is 0 Å². The molecule has 2 N–H and O–H groups in total. The molecule has 2 atom stereocenters. The van der Waals surface area contributed by atoms with Gasteiger partial charge in [-0.1, -0.05) is 30.3 Å². The van der Waals surface area contributed by atoms with Crippen LogP contribution in [0.4, 0.5) is 0 Å². The van der Waals surface area contributed by atoms with E-state index in [1.807, 2.05) is 0 Å². The molecule has 16 heavy (non-hydrogen) atoms. The lowest BCUT2D eigenvalue weighted by atomic mass is 10.0. The number of hydrogen-bond donors (Lipinski definition) is 1. The molecule has 1 aromatic carbocycles. The first-order valence-corrected chi connectivity index (χ1v) is 6.27. The van der Waals surface area contributed by atoms with Gasteiger partial charge in [0, 0.05) is 19.1 Å². The summed E-state index contributed by atoms with van der Waals surface area (Å²) in [6.07, 6.45) is 2.43. The topological polar surface area (TPSA) is 29.3 Å². The van der Waals surface area contributed by atoms with Crippen LogP contribution in [-0.2, 0) is 6.42 Å². The van der Waals surface area contributed by atoms with Crippen molar-refractivity contribution >= 4 is 0 Å². The van der Waals surface area contributed by atoms with Crippen molar-refractivity contribution in [2.75, 3.05) is 19.6 Å². The molecule has 1 aromatic rings. The summed E-state index contributed by atoms with van der Waals surface area (Å²) in [6, 6.07) is 11.1. The van der Waals surface area contributed by atoms with Crippen LogP contribution in [0.5, 0.6) is 0 Å². The largest absolute Gasteiger partial charge is 0.328 e. The molecule has 1 aliphatic rings. The Morgan fingerprint density at radius 1 is 1.38 bits per heavy atom. The van der Waals surface area contributed by atoms with Crippen molar-refractivity contribution in [3.05, 3.63) is 35.9 Å². The maximum Gasteiger partial charge on any atom is 0.00514 e. The minimum atomic E-state index is 0.349. The number of rotatable bonds is 4. The summed E-state index contributed by atoms with van der Waals surface area (Å²) < 4.78 is 0. The Morgan fingerprint density at radius 2 is 2.12 bits per heavy atom. The highest BCUT2D eigenvalue weighted by Gasteiger charge is 2.24. The van der Waals surface area contributed by atoms with Crippen LogP contribution in [0.3, 0.4) is 0 Å². The van der Waals surface area contributed by atoms with Crippen molar-refractivity contribution in [1.82, 2.24) is 4.90 Å². The molecular formula is C14H22N2. The van der Waals surface area contributed by atoms with Crippen molar-refractivity contribution in [3.63, 3.8) is 0 Å². The second kappa shape index (κ2) is 5.46. The molecule has 0 bridgehead atoms. The average Bonchev–Trinajstić information content (AvgIpc) is 2.76. The van der Waals surface area contributed by atoms with E-state index in [-0.39, 0.29) is 0 Å². The molecule has 0 spiro atoms. The summed E-state index contributed by atoms with van der Waals surface area (Å²) in [6.45, 7) is 5.71. The first kappa shape index (κ1) is 11.6. The third kappa shape index (κ3) is 3.06. The van der Waals surface area contributed by atoms with Crippen LogP contribution in [0.2, 0.25) is 0 Å². The van der Waals surface area contributed by atoms with E-state index >= 15 is 0 Å². The molecule has 88 valence electrons. The zero-order valence-corrected chi connectivity index (χ0v) is 10.1. The molecule has 0 saturated carbocycles. The van der Waals surface area contributed by atoms with Crippen LogP contribution in [0.15, 0.2) is 30.3 Å². The van der Waals surface area contributed by atoms with Gasteiger partial charge < -0.3 is 10.6 Å². The summed E-state index contributed by atoms with van der Waals surface area (Å²) >= 11 is 0. The standard InChI is InChI=1S/C14H22N2/c1-12(15)14-8-10-16(11-14)9-7-13-5-3-2-4-6-13/h2-6,12,14H,7-11,15H2,1H3. The molecule has 1 saturated heterocycles. The molecule has 0 aliphatic carbocycles. The van der Waals surface area contributed by atoms with Crippen molar-refractivity contribution in [1.29, 1.82) is 0 Å². The number of nitrogens with two attached hydrogens (primary N) is 1. The molecule has 2 heteroatoms. The van der Waals surface area contributed by atoms with E-state index in [0.717, 1.165) is 6.42 Å². The first-order valence-electron chi connectivity index (χ1n) is 6.27. The lowest BCUT2D eigenvalue weighted by molar-refractivity contribution is 0.319. The van der Waals surface area contributed by atoms with Gasteiger partial charge in [0.05, 0.1) is 0 Å². The zero-order valence-electron chi connectivity index (χ0n) is 10.1. The average molecular weight is 218 g/mol. The Morgan fingerprint density at radius 3 is 2.75 bits per heavy atom. The SMILES string of the molecule is CC(N)C1CCN(CCc2ccccc2)C1. The van der Waals surface area contributed by atoms with Crippen molar-refractivity contribution in [2.24, 2.45) is 11.7 Å². The second-order valence-corrected chi connectivity index (χ2v) is 4.94. The van der Waals surface area contributed by atoms with Gasteiger partial charge in [-0.25, -0.2) is 0 Å². The minimum absolute atomic E-state index is 0.349. The highest BCUT2D eigenvalue weighted by atomic mass is 15.1. The molecular weight excluding hydrogens is 196 g/mol. The fraction of sp³-hybridized carbons (Fsp3) is 0.571. The summed E-state index contributed by atoms with van der Waals surface area (Å²) in [5.41, 5.74) is 7.38. The maximum atomic E-state index is 5.94. The van der Waals surface area contributed by atoms with E-state index in [9.17, 15) is 0 Å². The Hall–Kier alpha value is -0.860. The van der Waals surface area contributed by atoms with E-state index in [1.165, 1.54) is 31.6 Å². The molecule has 0 amide bonds. The van der Waals surface area contributed by atoms with Gasteiger partial charge >= 0.3 is 0 Å². The van der Waals surface area contributed by atoms with E-state index in [4.69, 9.17) is 5.73 Å². The Bertz CT molecular complexity index is 308. The van der Waals surface area contributed by atoms with Crippen molar-refractivity contribution < 1.29 is 0 Å². The lowest BCUT2D eigenvalue weighted by Gasteiger charge is -2.17. The van der Waals surface area contributed by atoms with Crippen molar-refractivity contribution in [3.8, 4) is 0 Å². The predicted molar refractivity (Wildman–Crippen MR) is 68.3 cm³/mol. The third-order valence-corrected chi connectivity index (χ3v) is 3.61. The third-order valence-electron chi connectivity index (χ3n) is 3.61. The molecule has 0 aromatic heterocycles. The van der Waals surface area contributed by atoms with Gasteiger partial charge in [-0.2, -0.15) is 0 Å². The number of likely N-dealkylation sites (tertiary alicyclic amines) is 1. The van der Waals surface area contributed by atoms with Crippen molar-refractivity contribution in [2.45, 2.75) is 25.8 Å². The second-order valence-electron chi connectivity index (χ2n) is 4.94. The van der Waals surface area contributed by atoms with Gasteiger partial charge in [0.15, 0.2) is 0 Å². The van der Waals surface area contributed by atoms with Crippen LogP contribution in [0.25, 0.3) is 0 Å². The van der Waals surface area contributed by atoms with E-state index in [2.05, 4.69) is 42.2 Å². The fourth-order valence-corrected chi connectivity index (χ4v) is 2.43. The molecule has 2 unspecified atom stereocenters. The smallest absolute Gasteiger partial charge is 0.00514 e. The predicted octanol–water partition coefficient (Wildman–Crippen LogP) is 1.90. The van der Waals surface area contributed by atoms with Gasteiger partial charge in [-0.05, 0) is 37.8 Å². The zero-order chi connectivity index (χ0) is 11.4.